The van der Waals surface area contributed by atoms with Gasteiger partial charge in [-0.15, -0.1) is 0 Å². The van der Waals surface area contributed by atoms with Crippen molar-refractivity contribution >= 4 is 11.6 Å². The highest BCUT2D eigenvalue weighted by molar-refractivity contribution is 6.31. The number of halogens is 1. The topological polar surface area (TPSA) is 38.0 Å². The molecule has 0 amide bonds. The lowest BCUT2D eigenvalue weighted by Gasteiger charge is -2.34. The summed E-state index contributed by atoms with van der Waals surface area (Å²) in [5, 5.41) is 4.56. The maximum absolute atomic E-state index is 6.24. The van der Waals surface area contributed by atoms with Gasteiger partial charge in [0.2, 0.25) is 0 Å². The lowest BCUT2D eigenvalue weighted by atomic mass is 9.84. The summed E-state index contributed by atoms with van der Waals surface area (Å²) in [5.74, 6) is 0.615. The normalized spacial score (nSPS) is 25.9. The molecule has 1 saturated carbocycles. The minimum Gasteiger partial charge on any atom is -0.330 e. The summed E-state index contributed by atoms with van der Waals surface area (Å²) in [6.07, 6.45) is 5.12. The first-order chi connectivity index (χ1) is 8.72. The first-order valence-corrected chi connectivity index (χ1v) is 7.30. The summed E-state index contributed by atoms with van der Waals surface area (Å²) in [4.78, 5) is 0. The van der Waals surface area contributed by atoms with Crippen molar-refractivity contribution in [3.05, 3.63) is 34.9 Å². The second-order valence-corrected chi connectivity index (χ2v) is 5.70. The molecule has 2 rings (SSSR count). The van der Waals surface area contributed by atoms with Gasteiger partial charge in [0, 0.05) is 17.1 Å². The van der Waals surface area contributed by atoms with Crippen LogP contribution >= 0.6 is 11.6 Å². The third-order valence-corrected chi connectivity index (χ3v) is 4.39. The van der Waals surface area contributed by atoms with Crippen molar-refractivity contribution in [3.8, 4) is 0 Å². The molecule has 0 aromatic heterocycles. The number of hydrogen-bond acceptors (Lipinski definition) is 2. The van der Waals surface area contributed by atoms with Gasteiger partial charge in [-0.05, 0) is 43.9 Å². The zero-order valence-corrected chi connectivity index (χ0v) is 11.8. The highest BCUT2D eigenvalue weighted by Crippen LogP contribution is 2.28. The number of hydrogen-bond donors (Lipinski definition) is 2. The van der Waals surface area contributed by atoms with Crippen LogP contribution in [-0.2, 0) is 0 Å². The maximum Gasteiger partial charge on any atom is 0.0453 e. The summed E-state index contributed by atoms with van der Waals surface area (Å²) >= 11 is 6.24. The van der Waals surface area contributed by atoms with Gasteiger partial charge in [-0.2, -0.15) is 0 Å². The Morgan fingerprint density at radius 2 is 2.06 bits per heavy atom. The molecule has 0 saturated heterocycles. The predicted molar refractivity (Wildman–Crippen MR) is 77.8 cm³/mol. The van der Waals surface area contributed by atoms with Gasteiger partial charge >= 0.3 is 0 Å². The third-order valence-electron chi connectivity index (χ3n) is 4.05. The Kier molecular flexibility index (Phi) is 5.04. The Bertz CT molecular complexity index is 381. The van der Waals surface area contributed by atoms with E-state index in [0.29, 0.717) is 12.0 Å². The van der Waals surface area contributed by atoms with Crippen molar-refractivity contribution in [2.45, 2.75) is 44.7 Å². The van der Waals surface area contributed by atoms with Gasteiger partial charge in [0.25, 0.3) is 0 Å². The highest BCUT2D eigenvalue weighted by Gasteiger charge is 2.25. The minimum atomic E-state index is 0.288. The second-order valence-electron chi connectivity index (χ2n) is 5.30. The molecule has 2 nitrogen and oxygen atoms in total. The average Bonchev–Trinajstić information content (AvgIpc) is 2.39. The van der Waals surface area contributed by atoms with Crippen LogP contribution in [0.15, 0.2) is 24.3 Å². The quantitative estimate of drug-likeness (QED) is 0.875. The molecule has 1 fully saturated rings. The van der Waals surface area contributed by atoms with Crippen LogP contribution in [0.1, 0.15) is 44.2 Å². The summed E-state index contributed by atoms with van der Waals surface area (Å²) in [6, 6.07) is 8.89. The van der Waals surface area contributed by atoms with Gasteiger partial charge in [0.15, 0.2) is 0 Å². The van der Waals surface area contributed by atoms with Gasteiger partial charge in [-0.25, -0.2) is 0 Å². The van der Waals surface area contributed by atoms with Crippen LogP contribution in [-0.4, -0.2) is 12.6 Å². The molecule has 0 spiro atoms. The van der Waals surface area contributed by atoms with Gasteiger partial charge in [-0.1, -0.05) is 42.6 Å². The Morgan fingerprint density at radius 1 is 1.33 bits per heavy atom. The van der Waals surface area contributed by atoms with Crippen molar-refractivity contribution in [1.29, 1.82) is 0 Å². The van der Waals surface area contributed by atoms with E-state index >= 15 is 0 Å². The number of nitrogens with one attached hydrogen (secondary N) is 1. The molecule has 0 bridgehead atoms. The lowest BCUT2D eigenvalue weighted by molar-refractivity contribution is 0.252. The van der Waals surface area contributed by atoms with E-state index in [1.54, 1.807) is 0 Å². The van der Waals surface area contributed by atoms with Gasteiger partial charge in [-0.3, -0.25) is 0 Å². The molecular formula is C15H23ClN2. The highest BCUT2D eigenvalue weighted by atomic mass is 35.5. The van der Waals surface area contributed by atoms with E-state index in [0.717, 1.165) is 11.6 Å². The maximum atomic E-state index is 6.24. The van der Waals surface area contributed by atoms with Crippen LogP contribution in [0, 0.1) is 5.92 Å². The summed E-state index contributed by atoms with van der Waals surface area (Å²) < 4.78 is 0. The largest absolute Gasteiger partial charge is 0.330 e. The van der Waals surface area contributed by atoms with Gasteiger partial charge in [0.05, 0.1) is 0 Å². The zero-order chi connectivity index (χ0) is 13.0. The standard InChI is InChI=1S/C15H23ClN2/c1-11(13-7-3-4-8-14(13)16)18-15-9-5-2-6-12(15)10-17/h3-4,7-8,11-12,15,18H,2,5-6,9-10,17H2,1H3. The van der Waals surface area contributed by atoms with Crippen molar-refractivity contribution in [3.63, 3.8) is 0 Å². The first-order valence-electron chi connectivity index (χ1n) is 6.93. The summed E-state index contributed by atoms with van der Waals surface area (Å²) in [5.41, 5.74) is 7.05. The molecule has 3 atom stereocenters. The molecule has 1 aromatic rings. The molecule has 0 aliphatic heterocycles. The molecule has 1 aliphatic rings. The molecule has 0 radical (unpaired) electrons. The van der Waals surface area contributed by atoms with Crippen LogP contribution < -0.4 is 11.1 Å². The fourth-order valence-corrected chi connectivity index (χ4v) is 3.25. The van der Waals surface area contributed by atoms with E-state index in [1.165, 1.54) is 31.2 Å². The van der Waals surface area contributed by atoms with Crippen LogP contribution in [0.25, 0.3) is 0 Å². The zero-order valence-electron chi connectivity index (χ0n) is 11.0. The number of benzene rings is 1. The van der Waals surface area contributed by atoms with Crippen LogP contribution in [0.3, 0.4) is 0 Å². The molecule has 1 aromatic carbocycles. The molecule has 0 heterocycles. The van der Waals surface area contributed by atoms with E-state index in [-0.39, 0.29) is 6.04 Å². The van der Waals surface area contributed by atoms with E-state index in [2.05, 4.69) is 18.3 Å². The van der Waals surface area contributed by atoms with Crippen molar-refractivity contribution in [2.75, 3.05) is 6.54 Å². The molecule has 3 unspecified atom stereocenters. The molecular weight excluding hydrogens is 244 g/mol. The molecule has 3 N–H and O–H groups in total. The molecule has 100 valence electrons. The van der Waals surface area contributed by atoms with Gasteiger partial charge in [0.1, 0.15) is 0 Å². The van der Waals surface area contributed by atoms with E-state index in [4.69, 9.17) is 17.3 Å². The third kappa shape index (κ3) is 3.25. The number of rotatable bonds is 4. The Hall–Kier alpha value is -0.570. The minimum absolute atomic E-state index is 0.288. The van der Waals surface area contributed by atoms with Crippen molar-refractivity contribution < 1.29 is 0 Å². The fraction of sp³-hybridized carbons (Fsp3) is 0.600. The Labute approximate surface area is 115 Å². The van der Waals surface area contributed by atoms with Crippen molar-refractivity contribution in [1.82, 2.24) is 5.32 Å². The van der Waals surface area contributed by atoms with Crippen LogP contribution in [0.5, 0.6) is 0 Å². The SMILES string of the molecule is CC(NC1CCCCC1CN)c1ccccc1Cl. The summed E-state index contributed by atoms with van der Waals surface area (Å²) in [7, 11) is 0. The smallest absolute Gasteiger partial charge is 0.0453 e. The van der Waals surface area contributed by atoms with Crippen LogP contribution in [0.4, 0.5) is 0 Å². The van der Waals surface area contributed by atoms with Crippen molar-refractivity contribution in [2.24, 2.45) is 11.7 Å². The predicted octanol–water partition coefficient (Wildman–Crippen LogP) is 3.51. The first kappa shape index (κ1) is 13.9. The number of nitrogens with two attached hydrogens (primary N) is 1. The summed E-state index contributed by atoms with van der Waals surface area (Å²) in [6.45, 7) is 2.97. The fourth-order valence-electron chi connectivity index (χ4n) is 2.95. The Balaban J connectivity index is 2.02. The van der Waals surface area contributed by atoms with Crippen LogP contribution in [0.2, 0.25) is 5.02 Å². The van der Waals surface area contributed by atoms with E-state index in [9.17, 15) is 0 Å². The van der Waals surface area contributed by atoms with E-state index < -0.39 is 0 Å². The van der Waals surface area contributed by atoms with Gasteiger partial charge < -0.3 is 11.1 Å². The lowest BCUT2D eigenvalue weighted by Crippen LogP contribution is -2.42. The second kappa shape index (κ2) is 6.55. The molecule has 3 heteroatoms. The average molecular weight is 267 g/mol. The molecule has 18 heavy (non-hydrogen) atoms. The molecule has 1 aliphatic carbocycles. The monoisotopic (exact) mass is 266 g/mol. The van der Waals surface area contributed by atoms with E-state index in [1.807, 2.05) is 18.2 Å². The Morgan fingerprint density at radius 3 is 2.78 bits per heavy atom.